The van der Waals surface area contributed by atoms with Crippen LogP contribution in [0.3, 0.4) is 0 Å². The molecule has 2 fully saturated rings. The number of amides is 1. The summed E-state index contributed by atoms with van der Waals surface area (Å²) in [5.41, 5.74) is 3.16. The lowest BCUT2D eigenvalue weighted by Crippen LogP contribution is -2.40. The van der Waals surface area contributed by atoms with Crippen LogP contribution in [0.2, 0.25) is 0 Å². The molecular weight excluding hydrogens is 452 g/mol. The Kier molecular flexibility index (Phi) is 8.07. The van der Waals surface area contributed by atoms with Gasteiger partial charge in [-0.25, -0.2) is 8.42 Å². The highest BCUT2D eigenvalue weighted by Crippen LogP contribution is 2.28. The summed E-state index contributed by atoms with van der Waals surface area (Å²) in [6.07, 6.45) is 4.87. The van der Waals surface area contributed by atoms with Gasteiger partial charge in [0.05, 0.1) is 36.0 Å². The van der Waals surface area contributed by atoms with Gasteiger partial charge in [0.1, 0.15) is 0 Å². The highest BCUT2D eigenvalue weighted by molar-refractivity contribution is 7.89. The predicted octanol–water partition coefficient (Wildman–Crippen LogP) is 3.45. The smallest absolute Gasteiger partial charge is 0.243 e. The first kappa shape index (κ1) is 24.5. The van der Waals surface area contributed by atoms with E-state index in [2.05, 4.69) is 21.6 Å². The number of hydrogen-bond acceptors (Lipinski definition) is 6. The largest absolute Gasteiger partial charge is 0.379 e. The molecule has 2 aliphatic rings. The van der Waals surface area contributed by atoms with Gasteiger partial charge in [-0.15, -0.1) is 0 Å². The van der Waals surface area contributed by atoms with Crippen molar-refractivity contribution in [3.8, 4) is 0 Å². The maximum atomic E-state index is 13.1. The lowest BCUT2D eigenvalue weighted by molar-refractivity contribution is -0.114. The second-order valence-electron chi connectivity index (χ2n) is 8.82. The Morgan fingerprint density at radius 3 is 2.41 bits per heavy atom. The molecule has 4 rings (SSSR count). The summed E-state index contributed by atoms with van der Waals surface area (Å²) >= 11 is 0. The quantitative estimate of drug-likeness (QED) is 0.623. The fourth-order valence-electron chi connectivity index (χ4n) is 4.47. The zero-order valence-corrected chi connectivity index (χ0v) is 20.6. The third kappa shape index (κ3) is 5.89. The maximum Gasteiger partial charge on any atom is 0.243 e. The average molecular weight is 487 g/mol. The van der Waals surface area contributed by atoms with Crippen LogP contribution in [-0.4, -0.2) is 64.6 Å². The fraction of sp³-hybridized carbons (Fsp3) is 0.480. The first-order valence-electron chi connectivity index (χ1n) is 12.0. The Hall–Kier alpha value is -2.62. The van der Waals surface area contributed by atoms with Crippen LogP contribution >= 0.6 is 0 Å². The first-order chi connectivity index (χ1) is 16.4. The van der Waals surface area contributed by atoms with Crippen molar-refractivity contribution in [1.82, 2.24) is 4.31 Å². The molecule has 8 nitrogen and oxygen atoms in total. The Morgan fingerprint density at radius 2 is 1.68 bits per heavy atom. The Labute approximate surface area is 202 Å². The van der Waals surface area contributed by atoms with Crippen LogP contribution in [0.25, 0.3) is 0 Å². The minimum absolute atomic E-state index is 0.0876. The molecule has 2 N–H and O–H groups in total. The van der Waals surface area contributed by atoms with Crippen LogP contribution in [0, 0.1) is 6.92 Å². The SMILES string of the molecule is Cc1ccc(NC(=O)CNc2ccccc2N2CCCCCC2)cc1S(=O)(=O)N1CCOCC1. The highest BCUT2D eigenvalue weighted by atomic mass is 32.2. The molecule has 0 spiro atoms. The summed E-state index contributed by atoms with van der Waals surface area (Å²) in [4.78, 5) is 15.3. The summed E-state index contributed by atoms with van der Waals surface area (Å²) in [6.45, 7) is 5.34. The number of hydrogen-bond donors (Lipinski definition) is 2. The molecule has 2 aromatic carbocycles. The van der Waals surface area contributed by atoms with Crippen LogP contribution in [0.5, 0.6) is 0 Å². The van der Waals surface area contributed by atoms with Crippen molar-refractivity contribution >= 4 is 33.0 Å². The van der Waals surface area contributed by atoms with Gasteiger partial charge in [-0.2, -0.15) is 4.31 Å². The zero-order chi connectivity index (χ0) is 24.0. The van der Waals surface area contributed by atoms with Gasteiger partial charge in [-0.05, 0) is 49.6 Å². The van der Waals surface area contributed by atoms with Gasteiger partial charge in [-0.1, -0.05) is 31.0 Å². The Balaban J connectivity index is 1.42. The van der Waals surface area contributed by atoms with Gasteiger partial charge >= 0.3 is 0 Å². The molecule has 0 radical (unpaired) electrons. The molecule has 0 atom stereocenters. The minimum Gasteiger partial charge on any atom is -0.379 e. The lowest BCUT2D eigenvalue weighted by Gasteiger charge is -2.27. The standard InChI is InChI=1S/C25H34N4O4S/c1-20-10-11-21(18-24(20)34(31,32)29-14-16-33-17-15-29)27-25(30)19-26-22-8-4-5-9-23(22)28-12-6-2-3-7-13-28/h4-5,8-11,18,26H,2-3,6-7,12-17,19H2,1H3,(H,27,30). The van der Waals surface area contributed by atoms with Crippen molar-refractivity contribution < 1.29 is 17.9 Å². The molecule has 2 saturated heterocycles. The van der Waals surface area contributed by atoms with E-state index in [-0.39, 0.29) is 17.3 Å². The number of carbonyl (C=O) groups is 1. The number of para-hydroxylation sites is 2. The Morgan fingerprint density at radius 1 is 0.971 bits per heavy atom. The van der Waals surface area contributed by atoms with Gasteiger partial charge < -0.3 is 20.3 Å². The maximum absolute atomic E-state index is 13.1. The van der Waals surface area contributed by atoms with E-state index in [0.717, 1.165) is 24.5 Å². The molecule has 184 valence electrons. The molecule has 2 aliphatic heterocycles. The van der Waals surface area contributed by atoms with Gasteiger partial charge in [-0.3, -0.25) is 4.79 Å². The lowest BCUT2D eigenvalue weighted by atomic mass is 10.2. The van der Waals surface area contributed by atoms with Gasteiger partial charge in [0.15, 0.2) is 0 Å². The van der Waals surface area contributed by atoms with E-state index >= 15 is 0 Å². The highest BCUT2D eigenvalue weighted by Gasteiger charge is 2.28. The third-order valence-electron chi connectivity index (χ3n) is 6.35. The number of benzene rings is 2. The van der Waals surface area contributed by atoms with Crippen LogP contribution < -0.4 is 15.5 Å². The van der Waals surface area contributed by atoms with Crippen molar-refractivity contribution in [2.24, 2.45) is 0 Å². The number of anilines is 3. The Bertz CT molecular complexity index is 1090. The number of sulfonamides is 1. The van der Waals surface area contributed by atoms with E-state index in [9.17, 15) is 13.2 Å². The van der Waals surface area contributed by atoms with Gasteiger partial charge in [0, 0.05) is 31.9 Å². The molecule has 1 amide bonds. The monoisotopic (exact) mass is 486 g/mol. The number of ether oxygens (including phenoxy) is 1. The molecule has 0 aliphatic carbocycles. The summed E-state index contributed by atoms with van der Waals surface area (Å²) in [7, 11) is -3.65. The van der Waals surface area contributed by atoms with E-state index in [1.54, 1.807) is 25.1 Å². The molecule has 0 bridgehead atoms. The third-order valence-corrected chi connectivity index (χ3v) is 8.39. The first-order valence-corrected chi connectivity index (χ1v) is 13.5. The molecule has 2 heterocycles. The van der Waals surface area contributed by atoms with E-state index < -0.39 is 10.0 Å². The number of morpholine rings is 1. The van der Waals surface area contributed by atoms with Crippen molar-refractivity contribution in [1.29, 1.82) is 0 Å². The number of carbonyl (C=O) groups excluding carboxylic acids is 1. The van der Waals surface area contributed by atoms with E-state index in [0.29, 0.717) is 37.6 Å². The zero-order valence-electron chi connectivity index (χ0n) is 19.8. The molecule has 34 heavy (non-hydrogen) atoms. The van der Waals surface area contributed by atoms with Crippen LogP contribution in [-0.2, 0) is 19.6 Å². The molecular formula is C25H34N4O4S. The van der Waals surface area contributed by atoms with E-state index in [1.807, 2.05) is 18.2 Å². The van der Waals surface area contributed by atoms with Crippen LogP contribution in [0.15, 0.2) is 47.4 Å². The number of nitrogens with zero attached hydrogens (tertiary/aromatic N) is 2. The molecule has 0 aromatic heterocycles. The summed E-state index contributed by atoms with van der Waals surface area (Å²) in [6, 6.07) is 13.1. The molecule has 9 heteroatoms. The molecule has 0 saturated carbocycles. The fourth-order valence-corrected chi connectivity index (χ4v) is 6.13. The number of nitrogens with one attached hydrogen (secondary N) is 2. The summed E-state index contributed by atoms with van der Waals surface area (Å²) < 4.78 is 32.9. The van der Waals surface area contributed by atoms with E-state index in [1.165, 1.54) is 30.0 Å². The summed E-state index contributed by atoms with van der Waals surface area (Å²) in [5, 5.41) is 6.11. The minimum atomic E-state index is -3.65. The van der Waals surface area contributed by atoms with Crippen molar-refractivity contribution in [2.75, 3.05) is 61.5 Å². The topological polar surface area (TPSA) is 91.0 Å². The van der Waals surface area contributed by atoms with Crippen LogP contribution in [0.1, 0.15) is 31.2 Å². The summed E-state index contributed by atoms with van der Waals surface area (Å²) in [5.74, 6) is -0.232. The number of rotatable bonds is 7. The number of aryl methyl sites for hydroxylation is 1. The van der Waals surface area contributed by atoms with Crippen molar-refractivity contribution in [3.05, 3.63) is 48.0 Å². The van der Waals surface area contributed by atoms with Crippen molar-refractivity contribution in [3.63, 3.8) is 0 Å². The second kappa shape index (κ2) is 11.2. The molecule has 2 aromatic rings. The van der Waals surface area contributed by atoms with E-state index in [4.69, 9.17) is 4.74 Å². The van der Waals surface area contributed by atoms with Crippen molar-refractivity contribution in [2.45, 2.75) is 37.5 Å². The average Bonchev–Trinajstić information content (AvgIpc) is 3.14. The predicted molar refractivity (Wildman–Crippen MR) is 135 cm³/mol. The second-order valence-corrected chi connectivity index (χ2v) is 10.7. The van der Waals surface area contributed by atoms with Gasteiger partial charge in [0.2, 0.25) is 15.9 Å². The molecule has 0 unspecified atom stereocenters. The van der Waals surface area contributed by atoms with Crippen LogP contribution in [0.4, 0.5) is 17.1 Å². The van der Waals surface area contributed by atoms with Gasteiger partial charge in [0.25, 0.3) is 0 Å². The normalized spacial score (nSPS) is 17.7.